The highest BCUT2D eigenvalue weighted by Crippen LogP contribution is 2.46. The molecule has 2 aromatic heterocycles. The van der Waals surface area contributed by atoms with Crippen LogP contribution in [0.3, 0.4) is 0 Å². The van der Waals surface area contributed by atoms with Gasteiger partial charge in [-0.25, -0.2) is 8.42 Å². The number of hydrogen-bond donors (Lipinski definition) is 1. The number of aromatic amines is 1. The van der Waals surface area contributed by atoms with Crippen LogP contribution in [0.15, 0.2) is 34.1 Å². The number of rotatable bonds is 3. The Morgan fingerprint density at radius 1 is 1.09 bits per heavy atom. The van der Waals surface area contributed by atoms with Crippen molar-refractivity contribution in [1.29, 1.82) is 0 Å². The van der Waals surface area contributed by atoms with Gasteiger partial charge in [-0.2, -0.15) is 0 Å². The van der Waals surface area contributed by atoms with E-state index >= 15 is 0 Å². The molecule has 1 amide bonds. The number of hydrogen-bond acceptors (Lipinski definition) is 6. The molecule has 1 N–H and O–H groups in total. The number of likely N-dealkylation sites (N-methyl/N-ethyl adjacent to an activating group) is 1. The Hall–Kier alpha value is -3.40. The topological polar surface area (TPSA) is 119 Å². The lowest BCUT2D eigenvalue weighted by Gasteiger charge is -2.38. The second kappa shape index (κ2) is 6.80. The fourth-order valence-corrected chi connectivity index (χ4v) is 4.56. The van der Waals surface area contributed by atoms with Gasteiger partial charge in [-0.15, -0.1) is 0 Å². The zero-order valence-electron chi connectivity index (χ0n) is 18.6. The molecular formula is C22H23N3O6S. The van der Waals surface area contributed by atoms with Crippen molar-refractivity contribution < 1.29 is 22.7 Å². The molecule has 1 aliphatic heterocycles. The van der Waals surface area contributed by atoms with E-state index in [4.69, 9.17) is 4.74 Å². The third-order valence-corrected chi connectivity index (χ3v) is 6.73. The van der Waals surface area contributed by atoms with Crippen LogP contribution >= 0.6 is 0 Å². The molecule has 3 heterocycles. The van der Waals surface area contributed by atoms with Gasteiger partial charge in [-0.3, -0.25) is 14.4 Å². The second-order valence-corrected chi connectivity index (χ2v) is 10.6. The molecule has 0 fully saturated rings. The molecule has 0 spiro atoms. The molecule has 0 unspecified atom stereocenters. The third kappa shape index (κ3) is 3.22. The number of aryl methyl sites for hydroxylation is 1. The molecule has 0 saturated heterocycles. The minimum Gasteiger partial charge on any atom is -0.475 e. The number of pyridine rings is 1. The van der Waals surface area contributed by atoms with Gasteiger partial charge in [0.05, 0.1) is 27.2 Å². The van der Waals surface area contributed by atoms with Crippen LogP contribution in [0.25, 0.3) is 22.0 Å². The maximum Gasteiger partial charge on any atom is 0.270 e. The number of Topliss-reactive ketones (excluding diaryl/α,β-unsaturated/α-hetero) is 1. The molecule has 1 aromatic carbocycles. The number of nitrogens with one attached hydrogen (secondary N) is 1. The van der Waals surface area contributed by atoms with E-state index in [-0.39, 0.29) is 33.2 Å². The van der Waals surface area contributed by atoms with Gasteiger partial charge in [0.2, 0.25) is 0 Å². The van der Waals surface area contributed by atoms with Crippen LogP contribution in [0.2, 0.25) is 0 Å². The van der Waals surface area contributed by atoms with Crippen LogP contribution in [0.1, 0.15) is 31.3 Å². The standard InChI is InChI=1S/C22H23N3O6S/c1-11(26)16-9-14-18(23-16)15(10-24(4)20(14)27)13-7-12(32(6,29)30)8-17-19(13)31-22(2,3)21(28)25(17)5/h7-10,23H,1-6H3. The molecule has 0 radical (unpaired) electrons. The molecular weight excluding hydrogens is 434 g/mol. The van der Waals surface area contributed by atoms with Crippen molar-refractivity contribution in [3.05, 3.63) is 40.4 Å². The molecule has 32 heavy (non-hydrogen) atoms. The Bertz CT molecular complexity index is 1490. The van der Waals surface area contributed by atoms with E-state index in [2.05, 4.69) is 4.98 Å². The fourth-order valence-electron chi connectivity index (χ4n) is 3.91. The molecule has 0 saturated carbocycles. The average Bonchev–Trinajstić information content (AvgIpc) is 3.14. The fraction of sp³-hybridized carbons (Fsp3) is 0.318. The number of nitrogens with zero attached hydrogens (tertiary/aromatic N) is 2. The number of ether oxygens (including phenoxy) is 1. The highest BCUT2D eigenvalue weighted by molar-refractivity contribution is 7.90. The van der Waals surface area contributed by atoms with E-state index in [1.807, 2.05) is 0 Å². The van der Waals surface area contributed by atoms with Crippen molar-refractivity contribution in [2.45, 2.75) is 31.3 Å². The number of benzene rings is 1. The summed E-state index contributed by atoms with van der Waals surface area (Å²) >= 11 is 0. The van der Waals surface area contributed by atoms with Gasteiger partial charge in [0.25, 0.3) is 11.5 Å². The Kier molecular flexibility index (Phi) is 4.63. The Labute approximate surface area is 184 Å². The first-order valence-electron chi connectivity index (χ1n) is 9.81. The summed E-state index contributed by atoms with van der Waals surface area (Å²) in [6.07, 6.45) is 2.63. The molecule has 0 atom stereocenters. The number of fused-ring (bicyclic) bond motifs is 2. The van der Waals surface area contributed by atoms with Crippen LogP contribution in [-0.4, -0.2) is 48.6 Å². The number of carbonyl (C=O) groups excluding carboxylic acids is 2. The van der Waals surface area contributed by atoms with Crippen LogP contribution in [0.4, 0.5) is 5.69 Å². The molecule has 3 aromatic rings. The number of ketones is 1. The summed E-state index contributed by atoms with van der Waals surface area (Å²) in [6, 6.07) is 4.34. The average molecular weight is 458 g/mol. The first kappa shape index (κ1) is 21.8. The number of carbonyl (C=O) groups is 2. The maximum absolute atomic E-state index is 12.8. The van der Waals surface area contributed by atoms with Gasteiger partial charge in [-0.05, 0) is 32.0 Å². The van der Waals surface area contributed by atoms with E-state index in [0.717, 1.165) is 6.26 Å². The quantitative estimate of drug-likeness (QED) is 0.603. The Balaban J connectivity index is 2.17. The van der Waals surface area contributed by atoms with Gasteiger partial charge in [-0.1, -0.05) is 0 Å². The summed E-state index contributed by atoms with van der Waals surface area (Å²) in [5.74, 6) is -0.266. The number of amides is 1. The van der Waals surface area contributed by atoms with Gasteiger partial charge in [0.15, 0.2) is 27.0 Å². The van der Waals surface area contributed by atoms with Gasteiger partial charge in [0.1, 0.15) is 0 Å². The molecule has 4 rings (SSSR count). The molecule has 10 heteroatoms. The molecule has 168 valence electrons. The second-order valence-electron chi connectivity index (χ2n) is 8.55. The van der Waals surface area contributed by atoms with E-state index in [1.54, 1.807) is 34.1 Å². The van der Waals surface area contributed by atoms with Crippen molar-refractivity contribution in [3.63, 3.8) is 0 Å². The summed E-state index contributed by atoms with van der Waals surface area (Å²) in [7, 11) is -0.518. The minimum absolute atomic E-state index is 0.00504. The van der Waals surface area contributed by atoms with Crippen LogP contribution < -0.4 is 15.2 Å². The first-order chi connectivity index (χ1) is 14.7. The third-order valence-electron chi connectivity index (χ3n) is 5.64. The SMILES string of the molecule is CC(=O)c1cc2c(=O)n(C)cc(-c3cc(S(C)(=O)=O)cc4c3OC(C)(C)C(=O)N4C)c2[nH]1. The number of anilines is 1. The minimum atomic E-state index is -3.64. The van der Waals surface area contributed by atoms with Gasteiger partial charge in [0, 0.05) is 44.6 Å². The Morgan fingerprint density at radius 2 is 1.75 bits per heavy atom. The first-order valence-corrected chi connectivity index (χ1v) is 11.7. The smallest absolute Gasteiger partial charge is 0.270 e. The van der Waals surface area contributed by atoms with E-state index in [9.17, 15) is 22.8 Å². The summed E-state index contributed by atoms with van der Waals surface area (Å²) in [4.78, 5) is 41.8. The van der Waals surface area contributed by atoms with Crippen molar-refractivity contribution >= 4 is 38.1 Å². The van der Waals surface area contributed by atoms with Crippen molar-refractivity contribution in [1.82, 2.24) is 9.55 Å². The molecule has 0 bridgehead atoms. The lowest BCUT2D eigenvalue weighted by molar-refractivity contribution is -0.132. The molecule has 0 aliphatic carbocycles. The van der Waals surface area contributed by atoms with Crippen molar-refractivity contribution in [2.75, 3.05) is 18.2 Å². The monoisotopic (exact) mass is 457 g/mol. The summed E-state index contributed by atoms with van der Waals surface area (Å²) in [5.41, 5.74) is 0.284. The highest BCUT2D eigenvalue weighted by atomic mass is 32.2. The number of aromatic nitrogens is 2. The number of sulfone groups is 1. The van der Waals surface area contributed by atoms with Gasteiger partial charge >= 0.3 is 0 Å². The van der Waals surface area contributed by atoms with Crippen LogP contribution in [0.5, 0.6) is 5.75 Å². The predicted octanol–water partition coefficient (Wildman–Crippen LogP) is 2.27. The summed E-state index contributed by atoms with van der Waals surface area (Å²) in [5, 5.41) is 0.285. The van der Waals surface area contributed by atoms with Crippen molar-refractivity contribution in [2.24, 2.45) is 7.05 Å². The van der Waals surface area contributed by atoms with E-state index in [1.165, 1.54) is 34.6 Å². The largest absolute Gasteiger partial charge is 0.475 e. The zero-order chi connectivity index (χ0) is 23.7. The Morgan fingerprint density at radius 3 is 2.34 bits per heavy atom. The van der Waals surface area contributed by atoms with Crippen LogP contribution in [0, 0.1) is 0 Å². The predicted molar refractivity (Wildman–Crippen MR) is 120 cm³/mol. The van der Waals surface area contributed by atoms with E-state index < -0.39 is 15.4 Å². The lowest BCUT2D eigenvalue weighted by Crippen LogP contribution is -2.51. The van der Waals surface area contributed by atoms with Gasteiger partial charge < -0.3 is 19.2 Å². The summed E-state index contributed by atoms with van der Waals surface area (Å²) < 4.78 is 32.3. The van der Waals surface area contributed by atoms with Crippen molar-refractivity contribution in [3.8, 4) is 16.9 Å². The van der Waals surface area contributed by atoms with Crippen LogP contribution in [-0.2, 0) is 21.7 Å². The lowest BCUT2D eigenvalue weighted by atomic mass is 9.98. The van der Waals surface area contributed by atoms with E-state index in [0.29, 0.717) is 28.1 Å². The molecule has 1 aliphatic rings. The maximum atomic E-state index is 12.8. The normalized spacial score (nSPS) is 15.6. The zero-order valence-corrected chi connectivity index (χ0v) is 19.4. The number of H-pyrrole nitrogens is 1. The summed E-state index contributed by atoms with van der Waals surface area (Å²) in [6.45, 7) is 4.64. The molecule has 9 nitrogen and oxygen atoms in total. The highest BCUT2D eigenvalue weighted by Gasteiger charge is 2.41.